The molecule has 0 aromatic heterocycles. The molecule has 1 rings (SSSR count). The van der Waals surface area contributed by atoms with Crippen LogP contribution in [0, 0.1) is 0 Å². The van der Waals surface area contributed by atoms with Gasteiger partial charge in [-0.25, -0.2) is 0 Å². The standard InChI is InChI=1S/C6H10O4/c7-3-5-4(8)1-2-6(9)10-5/h1-2,4-9H,3H2/t4-,5-,6+/m1/s1. The number of aliphatic hydroxyl groups is 3. The molecule has 0 unspecified atom stereocenters. The highest BCUT2D eigenvalue weighted by atomic mass is 16.6. The molecule has 0 radical (unpaired) electrons. The average Bonchev–Trinajstić information content (AvgIpc) is 1.94. The van der Waals surface area contributed by atoms with Crippen LogP contribution in [-0.2, 0) is 4.74 Å². The number of hydrogen-bond donors (Lipinski definition) is 3. The van der Waals surface area contributed by atoms with Crippen molar-refractivity contribution in [1.82, 2.24) is 0 Å². The third-order valence-electron chi connectivity index (χ3n) is 1.35. The van der Waals surface area contributed by atoms with E-state index in [1.807, 2.05) is 0 Å². The summed E-state index contributed by atoms with van der Waals surface area (Å²) in [7, 11) is 0. The Morgan fingerprint density at radius 1 is 1.30 bits per heavy atom. The van der Waals surface area contributed by atoms with Gasteiger partial charge in [0.25, 0.3) is 0 Å². The molecule has 3 N–H and O–H groups in total. The summed E-state index contributed by atoms with van der Waals surface area (Å²) in [6, 6.07) is 0. The summed E-state index contributed by atoms with van der Waals surface area (Å²) in [5.41, 5.74) is 0. The second kappa shape index (κ2) is 3.12. The molecule has 1 aliphatic rings. The molecule has 3 atom stereocenters. The minimum absolute atomic E-state index is 0.289. The van der Waals surface area contributed by atoms with Gasteiger partial charge in [0.1, 0.15) is 12.2 Å². The zero-order chi connectivity index (χ0) is 7.56. The molecule has 58 valence electrons. The van der Waals surface area contributed by atoms with Crippen molar-refractivity contribution in [1.29, 1.82) is 0 Å². The lowest BCUT2D eigenvalue weighted by atomic mass is 10.1. The van der Waals surface area contributed by atoms with Crippen molar-refractivity contribution in [3.8, 4) is 0 Å². The number of hydrogen-bond acceptors (Lipinski definition) is 4. The van der Waals surface area contributed by atoms with E-state index < -0.39 is 18.5 Å². The van der Waals surface area contributed by atoms with E-state index in [1.54, 1.807) is 0 Å². The topological polar surface area (TPSA) is 69.9 Å². The van der Waals surface area contributed by atoms with E-state index >= 15 is 0 Å². The molecule has 0 bridgehead atoms. The van der Waals surface area contributed by atoms with Gasteiger partial charge in [0.15, 0.2) is 6.29 Å². The molecule has 4 heteroatoms. The normalized spacial score (nSPS) is 40.1. The highest BCUT2D eigenvalue weighted by Gasteiger charge is 2.23. The Labute approximate surface area is 58.4 Å². The Balaban J connectivity index is 2.53. The van der Waals surface area contributed by atoms with Gasteiger partial charge in [-0.1, -0.05) is 6.08 Å². The molecule has 0 saturated carbocycles. The van der Waals surface area contributed by atoms with Crippen molar-refractivity contribution < 1.29 is 20.1 Å². The fraction of sp³-hybridized carbons (Fsp3) is 0.667. The fourth-order valence-electron chi connectivity index (χ4n) is 0.789. The van der Waals surface area contributed by atoms with Gasteiger partial charge in [0.2, 0.25) is 0 Å². The highest BCUT2D eigenvalue weighted by molar-refractivity contribution is 4.98. The maximum Gasteiger partial charge on any atom is 0.174 e. The van der Waals surface area contributed by atoms with Crippen LogP contribution in [0.1, 0.15) is 0 Å². The summed E-state index contributed by atoms with van der Waals surface area (Å²) in [6.45, 7) is -0.289. The number of aliphatic hydroxyl groups excluding tert-OH is 3. The Kier molecular flexibility index (Phi) is 2.39. The van der Waals surface area contributed by atoms with Crippen LogP contribution >= 0.6 is 0 Å². The van der Waals surface area contributed by atoms with Crippen molar-refractivity contribution in [2.24, 2.45) is 0 Å². The van der Waals surface area contributed by atoms with Gasteiger partial charge in [0.05, 0.1) is 6.61 Å². The van der Waals surface area contributed by atoms with E-state index in [4.69, 9.17) is 20.1 Å². The molecule has 0 spiro atoms. The van der Waals surface area contributed by atoms with Crippen LogP contribution in [0.15, 0.2) is 12.2 Å². The monoisotopic (exact) mass is 146 g/mol. The maximum absolute atomic E-state index is 9.00. The quantitative estimate of drug-likeness (QED) is 0.398. The Bertz CT molecular complexity index is 134. The summed E-state index contributed by atoms with van der Waals surface area (Å²) in [4.78, 5) is 0. The first-order valence-corrected chi connectivity index (χ1v) is 3.05. The first-order valence-electron chi connectivity index (χ1n) is 3.05. The molecule has 0 amide bonds. The predicted molar refractivity (Wildman–Crippen MR) is 33.1 cm³/mol. The smallest absolute Gasteiger partial charge is 0.174 e. The second-order valence-electron chi connectivity index (χ2n) is 2.12. The van der Waals surface area contributed by atoms with E-state index in [0.29, 0.717) is 0 Å². The minimum Gasteiger partial charge on any atom is -0.394 e. The van der Waals surface area contributed by atoms with Gasteiger partial charge in [-0.15, -0.1) is 0 Å². The van der Waals surface area contributed by atoms with Crippen LogP contribution < -0.4 is 0 Å². The predicted octanol–water partition coefficient (Wildman–Crippen LogP) is -1.39. The summed E-state index contributed by atoms with van der Waals surface area (Å²) >= 11 is 0. The summed E-state index contributed by atoms with van der Waals surface area (Å²) in [5.74, 6) is 0. The fourth-order valence-corrected chi connectivity index (χ4v) is 0.789. The molecular weight excluding hydrogens is 136 g/mol. The van der Waals surface area contributed by atoms with Crippen LogP contribution in [0.2, 0.25) is 0 Å². The van der Waals surface area contributed by atoms with Crippen molar-refractivity contribution in [3.63, 3.8) is 0 Å². The lowest BCUT2D eigenvalue weighted by molar-refractivity contribution is -0.154. The Morgan fingerprint density at radius 2 is 2.00 bits per heavy atom. The first kappa shape index (κ1) is 7.68. The summed E-state index contributed by atoms with van der Waals surface area (Å²) in [5, 5.41) is 26.4. The molecule has 0 fully saturated rings. The SMILES string of the molecule is OC[C@H]1O[C@H](O)C=C[C@H]1O. The molecule has 0 saturated heterocycles. The van der Waals surface area contributed by atoms with Gasteiger partial charge < -0.3 is 20.1 Å². The minimum atomic E-state index is -0.999. The average molecular weight is 146 g/mol. The van der Waals surface area contributed by atoms with E-state index in [0.717, 1.165) is 0 Å². The van der Waals surface area contributed by atoms with Gasteiger partial charge >= 0.3 is 0 Å². The lowest BCUT2D eigenvalue weighted by Crippen LogP contribution is -2.37. The van der Waals surface area contributed by atoms with Crippen LogP contribution in [-0.4, -0.2) is 40.4 Å². The first-order chi connectivity index (χ1) is 4.74. The number of ether oxygens (including phenoxy) is 1. The Morgan fingerprint density at radius 3 is 2.50 bits per heavy atom. The van der Waals surface area contributed by atoms with Crippen molar-refractivity contribution >= 4 is 0 Å². The molecule has 1 aliphatic heterocycles. The zero-order valence-corrected chi connectivity index (χ0v) is 5.34. The van der Waals surface area contributed by atoms with E-state index in [9.17, 15) is 0 Å². The highest BCUT2D eigenvalue weighted by Crippen LogP contribution is 2.10. The maximum atomic E-state index is 9.00. The van der Waals surface area contributed by atoms with Gasteiger partial charge in [-0.3, -0.25) is 0 Å². The Hall–Kier alpha value is -0.420. The van der Waals surface area contributed by atoms with Crippen LogP contribution in [0.5, 0.6) is 0 Å². The third-order valence-corrected chi connectivity index (χ3v) is 1.35. The molecule has 0 aromatic carbocycles. The number of rotatable bonds is 1. The molecule has 1 heterocycles. The molecule has 0 aromatic rings. The van der Waals surface area contributed by atoms with Crippen molar-refractivity contribution in [2.75, 3.05) is 6.61 Å². The van der Waals surface area contributed by atoms with E-state index in [1.165, 1.54) is 12.2 Å². The van der Waals surface area contributed by atoms with Crippen LogP contribution in [0.3, 0.4) is 0 Å². The van der Waals surface area contributed by atoms with Gasteiger partial charge in [-0.05, 0) is 6.08 Å². The summed E-state index contributed by atoms with van der Waals surface area (Å²) < 4.78 is 4.72. The summed E-state index contributed by atoms with van der Waals surface area (Å²) in [6.07, 6.45) is 0.222. The van der Waals surface area contributed by atoms with Crippen molar-refractivity contribution in [2.45, 2.75) is 18.5 Å². The second-order valence-corrected chi connectivity index (χ2v) is 2.12. The molecule has 10 heavy (non-hydrogen) atoms. The van der Waals surface area contributed by atoms with Crippen LogP contribution in [0.25, 0.3) is 0 Å². The van der Waals surface area contributed by atoms with Crippen molar-refractivity contribution in [3.05, 3.63) is 12.2 Å². The molecular formula is C6H10O4. The molecule has 4 nitrogen and oxygen atoms in total. The van der Waals surface area contributed by atoms with E-state index in [2.05, 4.69) is 0 Å². The largest absolute Gasteiger partial charge is 0.394 e. The van der Waals surface area contributed by atoms with Crippen LogP contribution in [0.4, 0.5) is 0 Å². The zero-order valence-electron chi connectivity index (χ0n) is 5.34. The van der Waals surface area contributed by atoms with E-state index in [-0.39, 0.29) is 6.61 Å². The van der Waals surface area contributed by atoms with Gasteiger partial charge in [-0.2, -0.15) is 0 Å². The van der Waals surface area contributed by atoms with Gasteiger partial charge in [0, 0.05) is 0 Å². The molecule has 0 aliphatic carbocycles. The third kappa shape index (κ3) is 1.54. The lowest BCUT2D eigenvalue weighted by Gasteiger charge is -2.24.